The molecular weight excluding hydrogens is 302 g/mol. The first kappa shape index (κ1) is 12.7. The monoisotopic (exact) mass is 317 g/mol. The van der Waals surface area contributed by atoms with Crippen molar-refractivity contribution < 1.29 is 4.74 Å². The molecule has 98 valence electrons. The van der Waals surface area contributed by atoms with Gasteiger partial charge in [0.05, 0.1) is 0 Å². The quantitative estimate of drug-likeness (QED) is 0.852. The van der Waals surface area contributed by atoms with E-state index in [1.807, 2.05) is 30.3 Å². The highest BCUT2D eigenvalue weighted by Crippen LogP contribution is 2.41. The molecule has 2 aromatic rings. The molecule has 0 saturated heterocycles. The van der Waals surface area contributed by atoms with Gasteiger partial charge in [0, 0.05) is 22.5 Å². The molecule has 1 aliphatic heterocycles. The van der Waals surface area contributed by atoms with Crippen LogP contribution in [0.4, 0.5) is 0 Å². The third-order valence-electron chi connectivity index (χ3n) is 3.65. The highest BCUT2D eigenvalue weighted by Gasteiger charge is 2.27. The van der Waals surface area contributed by atoms with Crippen molar-refractivity contribution in [3.63, 3.8) is 0 Å². The van der Waals surface area contributed by atoms with E-state index in [0.29, 0.717) is 0 Å². The summed E-state index contributed by atoms with van der Waals surface area (Å²) in [4.78, 5) is 0. The van der Waals surface area contributed by atoms with Crippen LogP contribution in [0.1, 0.15) is 35.3 Å². The van der Waals surface area contributed by atoms with Gasteiger partial charge in [-0.25, -0.2) is 0 Å². The molecule has 0 saturated carbocycles. The Kier molecular flexibility index (Phi) is 3.33. The van der Waals surface area contributed by atoms with Gasteiger partial charge < -0.3 is 10.5 Å². The van der Waals surface area contributed by atoms with E-state index in [0.717, 1.165) is 22.2 Å². The van der Waals surface area contributed by atoms with Gasteiger partial charge in [-0.2, -0.15) is 0 Å². The van der Waals surface area contributed by atoms with Crippen molar-refractivity contribution >= 4 is 15.9 Å². The van der Waals surface area contributed by atoms with E-state index in [4.69, 9.17) is 10.5 Å². The van der Waals surface area contributed by atoms with Crippen molar-refractivity contribution in [3.05, 3.63) is 63.6 Å². The Hall–Kier alpha value is -1.32. The Morgan fingerprint density at radius 3 is 2.74 bits per heavy atom. The Morgan fingerprint density at radius 2 is 1.95 bits per heavy atom. The minimum atomic E-state index is 0.0291. The molecule has 2 atom stereocenters. The number of hydrogen-bond acceptors (Lipinski definition) is 2. The zero-order chi connectivity index (χ0) is 13.4. The van der Waals surface area contributed by atoms with Crippen LogP contribution < -0.4 is 10.5 Å². The Balaban J connectivity index is 1.99. The summed E-state index contributed by atoms with van der Waals surface area (Å²) >= 11 is 3.48. The molecule has 19 heavy (non-hydrogen) atoms. The summed E-state index contributed by atoms with van der Waals surface area (Å²) in [7, 11) is 0. The van der Waals surface area contributed by atoms with E-state index in [2.05, 4.69) is 35.0 Å². The lowest BCUT2D eigenvalue weighted by molar-refractivity contribution is 0.161. The van der Waals surface area contributed by atoms with Gasteiger partial charge in [0.25, 0.3) is 0 Å². The molecule has 0 amide bonds. The maximum Gasteiger partial charge on any atom is 0.126 e. The van der Waals surface area contributed by atoms with E-state index in [1.54, 1.807) is 0 Å². The predicted octanol–water partition coefficient (Wildman–Crippen LogP) is 4.28. The molecule has 1 aliphatic rings. The number of halogens is 1. The Morgan fingerprint density at radius 1 is 1.16 bits per heavy atom. The van der Waals surface area contributed by atoms with E-state index >= 15 is 0 Å². The largest absolute Gasteiger partial charge is 0.485 e. The van der Waals surface area contributed by atoms with Gasteiger partial charge in [0.2, 0.25) is 0 Å². The fraction of sp³-hybridized carbons (Fsp3) is 0.250. The number of aryl methyl sites for hydroxylation is 1. The number of benzene rings is 2. The van der Waals surface area contributed by atoms with Crippen LogP contribution in [-0.2, 0) is 0 Å². The molecular formula is C16H16BrNO. The summed E-state index contributed by atoms with van der Waals surface area (Å²) in [6.07, 6.45) is 0.859. The molecule has 0 aliphatic carbocycles. The van der Waals surface area contributed by atoms with Gasteiger partial charge in [-0.1, -0.05) is 46.3 Å². The molecule has 0 spiro atoms. The number of nitrogens with two attached hydrogens (primary N) is 1. The summed E-state index contributed by atoms with van der Waals surface area (Å²) in [6.45, 7) is 2.11. The highest BCUT2D eigenvalue weighted by atomic mass is 79.9. The fourth-order valence-electron chi connectivity index (χ4n) is 2.61. The van der Waals surface area contributed by atoms with E-state index in [9.17, 15) is 0 Å². The molecule has 0 radical (unpaired) electrons. The van der Waals surface area contributed by atoms with Gasteiger partial charge in [-0.15, -0.1) is 0 Å². The van der Waals surface area contributed by atoms with Gasteiger partial charge >= 0.3 is 0 Å². The standard InChI is InChI=1S/C16H16BrNO/c1-10-4-2-3-5-12(10)16-9-14(18)13-7-6-11(17)8-15(13)19-16/h2-8,14,16H,9,18H2,1H3. The van der Waals surface area contributed by atoms with Crippen LogP contribution in [-0.4, -0.2) is 0 Å². The lowest BCUT2D eigenvalue weighted by atomic mass is 9.92. The molecule has 2 unspecified atom stereocenters. The van der Waals surface area contributed by atoms with Crippen molar-refractivity contribution in [1.29, 1.82) is 0 Å². The first-order valence-electron chi connectivity index (χ1n) is 6.42. The summed E-state index contributed by atoms with van der Waals surface area (Å²) in [6, 6.07) is 14.4. The molecule has 0 fully saturated rings. The van der Waals surface area contributed by atoms with E-state index in [1.165, 1.54) is 11.1 Å². The Labute approximate surface area is 121 Å². The van der Waals surface area contributed by atoms with Gasteiger partial charge in [-0.05, 0) is 30.2 Å². The number of rotatable bonds is 1. The second kappa shape index (κ2) is 4.99. The maximum atomic E-state index is 6.28. The van der Waals surface area contributed by atoms with Crippen molar-refractivity contribution in [2.45, 2.75) is 25.5 Å². The highest BCUT2D eigenvalue weighted by molar-refractivity contribution is 9.10. The first-order valence-corrected chi connectivity index (χ1v) is 7.21. The van der Waals surface area contributed by atoms with Crippen molar-refractivity contribution in [3.8, 4) is 5.75 Å². The van der Waals surface area contributed by atoms with Crippen LogP contribution in [0.3, 0.4) is 0 Å². The fourth-order valence-corrected chi connectivity index (χ4v) is 2.95. The van der Waals surface area contributed by atoms with Gasteiger partial charge in [0.15, 0.2) is 0 Å². The number of hydrogen-bond donors (Lipinski definition) is 1. The van der Waals surface area contributed by atoms with Crippen LogP contribution in [0.25, 0.3) is 0 Å². The third kappa shape index (κ3) is 2.40. The third-order valence-corrected chi connectivity index (χ3v) is 4.14. The van der Waals surface area contributed by atoms with E-state index in [-0.39, 0.29) is 12.1 Å². The molecule has 3 heteroatoms. The first-order chi connectivity index (χ1) is 9.15. The molecule has 2 N–H and O–H groups in total. The maximum absolute atomic E-state index is 6.28. The van der Waals surface area contributed by atoms with Crippen LogP contribution in [0.2, 0.25) is 0 Å². The minimum absolute atomic E-state index is 0.0291. The van der Waals surface area contributed by atoms with Gasteiger partial charge in [0.1, 0.15) is 11.9 Å². The molecule has 2 aromatic carbocycles. The minimum Gasteiger partial charge on any atom is -0.485 e. The normalized spacial score (nSPS) is 21.6. The van der Waals surface area contributed by atoms with Gasteiger partial charge in [-0.3, -0.25) is 0 Å². The van der Waals surface area contributed by atoms with Crippen molar-refractivity contribution in [1.82, 2.24) is 0 Å². The summed E-state index contributed by atoms with van der Waals surface area (Å²) in [5, 5.41) is 0. The van der Waals surface area contributed by atoms with Crippen LogP contribution in [0, 0.1) is 6.92 Å². The molecule has 3 rings (SSSR count). The zero-order valence-electron chi connectivity index (χ0n) is 10.8. The summed E-state index contributed by atoms with van der Waals surface area (Å²) in [5.41, 5.74) is 9.84. The SMILES string of the molecule is Cc1ccccc1C1CC(N)c2ccc(Br)cc2O1. The molecule has 1 heterocycles. The molecule has 0 aromatic heterocycles. The summed E-state index contributed by atoms with van der Waals surface area (Å²) in [5.74, 6) is 0.890. The predicted molar refractivity (Wildman–Crippen MR) is 80.2 cm³/mol. The number of fused-ring (bicyclic) bond motifs is 1. The molecule has 0 bridgehead atoms. The summed E-state index contributed by atoms with van der Waals surface area (Å²) < 4.78 is 7.16. The van der Waals surface area contributed by atoms with Crippen molar-refractivity contribution in [2.75, 3.05) is 0 Å². The number of ether oxygens (including phenoxy) is 1. The van der Waals surface area contributed by atoms with Crippen LogP contribution >= 0.6 is 15.9 Å². The van der Waals surface area contributed by atoms with Crippen LogP contribution in [0.15, 0.2) is 46.9 Å². The molecule has 2 nitrogen and oxygen atoms in total. The van der Waals surface area contributed by atoms with E-state index < -0.39 is 0 Å². The zero-order valence-corrected chi connectivity index (χ0v) is 12.4. The lowest BCUT2D eigenvalue weighted by Crippen LogP contribution is -2.24. The second-order valence-corrected chi connectivity index (χ2v) is 5.90. The smallest absolute Gasteiger partial charge is 0.126 e. The topological polar surface area (TPSA) is 35.2 Å². The Bertz CT molecular complexity index is 611. The average Bonchev–Trinajstić information content (AvgIpc) is 2.38. The lowest BCUT2D eigenvalue weighted by Gasteiger charge is -2.31. The second-order valence-electron chi connectivity index (χ2n) is 4.99. The van der Waals surface area contributed by atoms with Crippen LogP contribution in [0.5, 0.6) is 5.75 Å². The van der Waals surface area contributed by atoms with Crippen molar-refractivity contribution in [2.24, 2.45) is 5.73 Å². The average molecular weight is 318 g/mol.